The Morgan fingerprint density at radius 3 is 1.24 bits per heavy atom. The van der Waals surface area contributed by atoms with Gasteiger partial charge in [-0.2, -0.15) is 0 Å². The van der Waals surface area contributed by atoms with Gasteiger partial charge in [-0.1, -0.05) is 113 Å². The van der Waals surface area contributed by atoms with Crippen LogP contribution in [0.5, 0.6) is 0 Å². The molecule has 0 radical (unpaired) electrons. The van der Waals surface area contributed by atoms with E-state index in [0.717, 1.165) is 73.3 Å². The fraction of sp³-hybridized carbons (Fsp3) is 0.375. The van der Waals surface area contributed by atoms with Crippen molar-refractivity contribution >= 4 is 79.5 Å². The minimum atomic E-state index is -4.44. The minimum absolute atomic E-state index is 0. The summed E-state index contributed by atoms with van der Waals surface area (Å²) in [5, 5.41) is 2.66. The van der Waals surface area contributed by atoms with Crippen molar-refractivity contribution < 1.29 is 25.9 Å². The van der Waals surface area contributed by atoms with E-state index in [1.54, 1.807) is 24.3 Å². The molecule has 0 aromatic heterocycles. The Morgan fingerprint density at radius 1 is 0.537 bits per heavy atom. The summed E-state index contributed by atoms with van der Waals surface area (Å²) >= 11 is 0. The third-order valence-corrected chi connectivity index (χ3v) is 8.70. The van der Waals surface area contributed by atoms with Gasteiger partial charge in [-0.3, -0.25) is 0 Å². The second-order valence-electron chi connectivity index (χ2n) is 10.2. The zero-order valence-electron chi connectivity index (χ0n) is 24.0. The van der Waals surface area contributed by atoms with E-state index in [2.05, 4.69) is 13.8 Å². The summed E-state index contributed by atoms with van der Waals surface area (Å²) in [6, 6.07) is 21.3. The van der Waals surface area contributed by atoms with Crippen LogP contribution in [0.2, 0.25) is 0 Å². The molecule has 0 N–H and O–H groups in total. The van der Waals surface area contributed by atoms with Crippen molar-refractivity contribution in [3.8, 4) is 0 Å². The summed E-state index contributed by atoms with van der Waals surface area (Å²) in [6.07, 6.45) is 10.6. The molecule has 0 aliphatic heterocycles. The molecule has 0 saturated carbocycles. The Morgan fingerprint density at radius 2 is 0.902 bits per heavy atom. The normalized spacial score (nSPS) is 11.6. The van der Waals surface area contributed by atoms with Gasteiger partial charge in [-0.25, -0.2) is 16.8 Å². The van der Waals surface area contributed by atoms with Crippen molar-refractivity contribution in [3.05, 3.63) is 83.9 Å². The van der Waals surface area contributed by atoms with Gasteiger partial charge in [0.05, 0.1) is 9.79 Å². The first-order valence-corrected chi connectivity index (χ1v) is 16.8. The third kappa shape index (κ3) is 10.9. The number of benzene rings is 4. The number of hydrogen-bond donors (Lipinski definition) is 0. The molecular formula is C32H38CaO6S2. The van der Waals surface area contributed by atoms with Crippen molar-refractivity contribution in [2.45, 2.75) is 87.8 Å². The third-order valence-electron chi connectivity index (χ3n) is 6.94. The minimum Gasteiger partial charge on any atom is -0.744 e. The van der Waals surface area contributed by atoms with E-state index in [-0.39, 0.29) is 47.5 Å². The van der Waals surface area contributed by atoms with Crippen LogP contribution in [-0.2, 0) is 33.1 Å². The molecule has 0 saturated heterocycles. The molecule has 0 spiro atoms. The van der Waals surface area contributed by atoms with Gasteiger partial charge in [0.1, 0.15) is 20.2 Å². The summed E-state index contributed by atoms with van der Waals surface area (Å²) in [6.45, 7) is 4.30. The molecule has 6 nitrogen and oxygen atoms in total. The van der Waals surface area contributed by atoms with Crippen LogP contribution in [0.15, 0.2) is 82.6 Å². The van der Waals surface area contributed by atoms with E-state index in [0.29, 0.717) is 10.8 Å². The zero-order chi connectivity index (χ0) is 29.2. The van der Waals surface area contributed by atoms with Gasteiger partial charge in [-0.15, -0.1) is 0 Å². The zero-order valence-corrected chi connectivity index (χ0v) is 27.8. The summed E-state index contributed by atoms with van der Waals surface area (Å²) in [5.74, 6) is 0. The maximum Gasteiger partial charge on any atom is 2.00 e. The average molecular weight is 623 g/mol. The number of unbranched alkanes of at least 4 members (excludes halogenated alkanes) is 6. The average Bonchev–Trinajstić information content (AvgIpc) is 2.92. The molecule has 4 aromatic rings. The fourth-order valence-corrected chi connectivity index (χ4v) is 6.39. The summed E-state index contributed by atoms with van der Waals surface area (Å²) in [5.41, 5.74) is 1.85. The molecule has 0 amide bonds. The van der Waals surface area contributed by atoms with Gasteiger partial charge >= 0.3 is 37.7 Å². The molecule has 0 heterocycles. The quantitative estimate of drug-likeness (QED) is 0.0927. The van der Waals surface area contributed by atoms with Gasteiger partial charge in [-0.05, 0) is 70.5 Å². The topological polar surface area (TPSA) is 114 Å². The summed E-state index contributed by atoms with van der Waals surface area (Å²) in [4.78, 5) is -0.192. The first-order valence-electron chi connectivity index (χ1n) is 14.0. The Hall–Kier alpha value is -1.52. The van der Waals surface area contributed by atoms with Crippen LogP contribution < -0.4 is 0 Å². The van der Waals surface area contributed by atoms with Crippen LogP contribution in [0, 0.1) is 0 Å². The predicted molar refractivity (Wildman–Crippen MR) is 165 cm³/mol. The summed E-state index contributed by atoms with van der Waals surface area (Å²) in [7, 11) is -8.87. The maximum atomic E-state index is 11.4. The predicted octanol–water partition coefficient (Wildman–Crippen LogP) is 7.35. The number of rotatable bonds is 12. The van der Waals surface area contributed by atoms with Crippen molar-refractivity contribution in [2.24, 2.45) is 0 Å². The van der Waals surface area contributed by atoms with E-state index in [1.165, 1.54) is 25.0 Å². The number of fused-ring (bicyclic) bond motifs is 2. The van der Waals surface area contributed by atoms with Crippen molar-refractivity contribution in [1.29, 1.82) is 0 Å². The standard InChI is InChI=1S/2C16H20O3S.Ca/c2*1-2-3-4-5-8-13-11-14-9-6-7-10-15(14)16(12-13)20(17,18)19;/h2*6-7,9-12H,2-5,8H2,1H3,(H,17,18,19);/q;;+2/p-2. The fourth-order valence-electron chi connectivity index (χ4n) is 4.88. The summed E-state index contributed by atoms with van der Waals surface area (Å²) < 4.78 is 68.5. The molecule has 0 atom stereocenters. The van der Waals surface area contributed by atoms with Gasteiger partial charge in [0.25, 0.3) is 0 Å². The first-order chi connectivity index (χ1) is 19.0. The molecule has 9 heteroatoms. The van der Waals surface area contributed by atoms with Gasteiger partial charge < -0.3 is 9.11 Å². The molecule has 216 valence electrons. The Kier molecular flexibility index (Phi) is 14.7. The van der Waals surface area contributed by atoms with Crippen molar-refractivity contribution in [2.75, 3.05) is 0 Å². The molecule has 0 fully saturated rings. The molecule has 41 heavy (non-hydrogen) atoms. The van der Waals surface area contributed by atoms with E-state index >= 15 is 0 Å². The van der Waals surface area contributed by atoms with E-state index < -0.39 is 20.2 Å². The van der Waals surface area contributed by atoms with E-state index in [9.17, 15) is 25.9 Å². The van der Waals surface area contributed by atoms with Crippen LogP contribution in [0.3, 0.4) is 0 Å². The second kappa shape index (κ2) is 16.9. The SMILES string of the molecule is CCCCCCc1cc(S(=O)(=O)[O-])c2ccccc2c1.CCCCCCc1cc(S(=O)(=O)[O-])c2ccccc2c1.[Ca+2]. The van der Waals surface area contributed by atoms with Crippen molar-refractivity contribution in [3.63, 3.8) is 0 Å². The maximum absolute atomic E-state index is 11.4. The molecule has 0 aliphatic carbocycles. The molecule has 0 bridgehead atoms. The Labute approximate surface area is 275 Å². The second-order valence-corrected chi connectivity index (χ2v) is 12.9. The monoisotopic (exact) mass is 622 g/mol. The van der Waals surface area contributed by atoms with Crippen molar-refractivity contribution in [1.82, 2.24) is 0 Å². The van der Waals surface area contributed by atoms with Crippen LogP contribution >= 0.6 is 0 Å². The largest absolute Gasteiger partial charge is 2.00 e. The smallest absolute Gasteiger partial charge is 0.744 e. The van der Waals surface area contributed by atoms with Crippen LogP contribution in [0.4, 0.5) is 0 Å². The molecular weight excluding hydrogens is 585 g/mol. The van der Waals surface area contributed by atoms with Crippen LogP contribution in [0.25, 0.3) is 21.5 Å². The molecule has 0 aliphatic rings. The Bertz CT molecular complexity index is 1510. The number of aryl methyl sites for hydroxylation is 2. The van der Waals surface area contributed by atoms with E-state index in [1.807, 2.05) is 36.4 Å². The first kappa shape index (κ1) is 35.7. The molecule has 0 unspecified atom stereocenters. The van der Waals surface area contributed by atoms with Crippen LogP contribution in [-0.4, -0.2) is 63.7 Å². The number of hydrogen-bond acceptors (Lipinski definition) is 6. The molecule has 4 rings (SSSR count). The van der Waals surface area contributed by atoms with Crippen LogP contribution in [0.1, 0.15) is 76.3 Å². The Balaban J connectivity index is 0.000000280. The molecule has 4 aromatic carbocycles. The van der Waals surface area contributed by atoms with E-state index in [4.69, 9.17) is 0 Å². The van der Waals surface area contributed by atoms with Gasteiger partial charge in [0.15, 0.2) is 0 Å². The van der Waals surface area contributed by atoms with Gasteiger partial charge in [0.2, 0.25) is 0 Å². The van der Waals surface area contributed by atoms with Gasteiger partial charge in [0, 0.05) is 0 Å².